The number of anilines is 1. The molecule has 1 unspecified atom stereocenters. The van der Waals surface area contributed by atoms with Crippen molar-refractivity contribution in [3.63, 3.8) is 0 Å². The number of rotatable bonds is 6. The highest BCUT2D eigenvalue weighted by Gasteiger charge is 2.44. The molecule has 0 aliphatic carbocycles. The zero-order valence-electron chi connectivity index (χ0n) is 19.1. The van der Waals surface area contributed by atoms with Crippen LogP contribution in [0.4, 0.5) is 5.69 Å². The molecule has 0 N–H and O–H groups in total. The Morgan fingerprint density at radius 2 is 1.73 bits per heavy atom. The van der Waals surface area contributed by atoms with Gasteiger partial charge in [-0.1, -0.05) is 50.6 Å². The summed E-state index contributed by atoms with van der Waals surface area (Å²) in [5.41, 5.74) is 1.03. The molecule has 3 amide bonds. The summed E-state index contributed by atoms with van der Waals surface area (Å²) in [7, 11) is 1.27. The van der Waals surface area contributed by atoms with Gasteiger partial charge in [-0.2, -0.15) is 0 Å². The highest BCUT2D eigenvalue weighted by atomic mass is 35.5. The van der Waals surface area contributed by atoms with Crippen LogP contribution in [-0.2, 0) is 25.7 Å². The smallest absolute Gasteiger partial charge is 0.337 e. The van der Waals surface area contributed by atoms with E-state index < -0.39 is 23.8 Å². The lowest BCUT2D eigenvalue weighted by molar-refractivity contribution is -0.140. The Balaban J connectivity index is 1.91. The Morgan fingerprint density at radius 1 is 1.09 bits per heavy atom. The number of esters is 1. The van der Waals surface area contributed by atoms with Gasteiger partial charge < -0.3 is 9.64 Å². The van der Waals surface area contributed by atoms with E-state index in [0.717, 1.165) is 4.90 Å². The first kappa shape index (κ1) is 24.5. The van der Waals surface area contributed by atoms with E-state index in [4.69, 9.17) is 11.6 Å². The van der Waals surface area contributed by atoms with Crippen LogP contribution in [0.5, 0.6) is 0 Å². The third-order valence-electron chi connectivity index (χ3n) is 5.35. The van der Waals surface area contributed by atoms with Gasteiger partial charge in [0.25, 0.3) is 5.91 Å². The molecule has 1 atom stereocenters. The van der Waals surface area contributed by atoms with Gasteiger partial charge in [0, 0.05) is 18.0 Å². The summed E-state index contributed by atoms with van der Waals surface area (Å²) < 4.78 is 4.68. The molecule has 0 radical (unpaired) electrons. The SMILES string of the molecule is COC(=O)c1ccc(N2C(=O)CC(N(Cc3ccccc3Cl)C(=O)CC(C)(C)C)C2=O)cc1. The third kappa shape index (κ3) is 5.60. The van der Waals surface area contributed by atoms with E-state index in [9.17, 15) is 19.2 Å². The standard InChI is InChI=1S/C25H27ClN2O5/c1-25(2,3)14-22(30)27(15-17-7-5-6-8-19(17)26)20-13-21(29)28(23(20)31)18-11-9-16(10-12-18)24(32)33-4/h5-12,20H,13-15H2,1-4H3. The molecule has 0 bridgehead atoms. The molecule has 1 aliphatic heterocycles. The van der Waals surface area contributed by atoms with Crippen LogP contribution in [0.15, 0.2) is 48.5 Å². The topological polar surface area (TPSA) is 84.0 Å². The second-order valence-corrected chi connectivity index (χ2v) is 9.58. The second-order valence-electron chi connectivity index (χ2n) is 9.18. The molecular weight excluding hydrogens is 444 g/mol. The van der Waals surface area contributed by atoms with Crippen LogP contribution in [0.1, 0.15) is 49.5 Å². The number of imide groups is 1. The highest BCUT2D eigenvalue weighted by molar-refractivity contribution is 6.31. The van der Waals surface area contributed by atoms with E-state index in [0.29, 0.717) is 21.8 Å². The Hall–Kier alpha value is -3.19. The van der Waals surface area contributed by atoms with Gasteiger partial charge >= 0.3 is 5.97 Å². The molecule has 0 aromatic heterocycles. The van der Waals surface area contributed by atoms with E-state index in [1.54, 1.807) is 18.2 Å². The molecule has 8 heteroatoms. The van der Waals surface area contributed by atoms with Crippen LogP contribution in [-0.4, -0.2) is 41.7 Å². The molecular formula is C25H27ClN2O5. The van der Waals surface area contributed by atoms with Gasteiger partial charge in [0.1, 0.15) is 6.04 Å². The Labute approximate surface area is 198 Å². The number of carbonyl (C=O) groups is 4. The lowest BCUT2D eigenvalue weighted by Crippen LogP contribution is -2.46. The van der Waals surface area contributed by atoms with Crippen molar-refractivity contribution in [2.75, 3.05) is 12.0 Å². The monoisotopic (exact) mass is 470 g/mol. The number of hydrogen-bond donors (Lipinski definition) is 0. The Bertz CT molecular complexity index is 1070. The molecule has 7 nitrogen and oxygen atoms in total. The number of halogens is 1. The number of amides is 3. The Morgan fingerprint density at radius 3 is 2.30 bits per heavy atom. The van der Waals surface area contributed by atoms with Gasteiger partial charge in [0.15, 0.2) is 0 Å². The Kier molecular flexibility index (Phi) is 7.22. The molecule has 3 rings (SSSR count). The molecule has 2 aromatic rings. The summed E-state index contributed by atoms with van der Waals surface area (Å²) in [6, 6.07) is 12.2. The molecule has 174 valence electrons. The van der Waals surface area contributed by atoms with Crippen molar-refractivity contribution >= 4 is 41.0 Å². The van der Waals surface area contributed by atoms with Crippen LogP contribution < -0.4 is 4.90 Å². The number of carbonyl (C=O) groups excluding carboxylic acids is 4. The fourth-order valence-electron chi connectivity index (χ4n) is 3.73. The quantitative estimate of drug-likeness (QED) is 0.466. The van der Waals surface area contributed by atoms with Crippen molar-refractivity contribution in [2.24, 2.45) is 5.41 Å². The number of benzene rings is 2. The van der Waals surface area contributed by atoms with Crippen LogP contribution >= 0.6 is 11.6 Å². The van der Waals surface area contributed by atoms with Crippen LogP contribution in [0.25, 0.3) is 0 Å². The number of nitrogens with zero attached hydrogens (tertiary/aromatic N) is 2. The first-order valence-electron chi connectivity index (χ1n) is 10.6. The minimum atomic E-state index is -0.941. The van der Waals surface area contributed by atoms with Crippen LogP contribution in [0, 0.1) is 5.41 Å². The van der Waals surface area contributed by atoms with E-state index in [-0.39, 0.29) is 30.7 Å². The summed E-state index contributed by atoms with van der Waals surface area (Å²) in [4.78, 5) is 53.7. The summed E-state index contributed by atoms with van der Waals surface area (Å²) >= 11 is 6.32. The van der Waals surface area contributed by atoms with E-state index >= 15 is 0 Å². The van der Waals surface area contributed by atoms with Gasteiger partial charge in [0.2, 0.25) is 11.8 Å². The second kappa shape index (κ2) is 9.75. The van der Waals surface area contributed by atoms with Gasteiger partial charge in [-0.05, 0) is 41.3 Å². The highest BCUT2D eigenvalue weighted by Crippen LogP contribution is 2.30. The first-order chi connectivity index (χ1) is 15.5. The zero-order chi connectivity index (χ0) is 24.3. The molecule has 33 heavy (non-hydrogen) atoms. The number of ether oxygens (including phenoxy) is 1. The number of methoxy groups -OCH3 is 1. The normalized spacial score (nSPS) is 16.2. The van der Waals surface area contributed by atoms with E-state index in [2.05, 4.69) is 4.74 Å². The largest absolute Gasteiger partial charge is 0.465 e. The van der Waals surface area contributed by atoms with Crippen molar-refractivity contribution in [1.29, 1.82) is 0 Å². The predicted octanol–water partition coefficient (Wildman–Crippen LogP) is 4.22. The minimum absolute atomic E-state index is 0.118. The molecule has 1 heterocycles. The maximum atomic E-state index is 13.4. The third-order valence-corrected chi connectivity index (χ3v) is 5.71. The van der Waals surface area contributed by atoms with E-state index in [1.165, 1.54) is 36.3 Å². The van der Waals surface area contributed by atoms with Crippen molar-refractivity contribution in [1.82, 2.24) is 4.90 Å². The van der Waals surface area contributed by atoms with Crippen molar-refractivity contribution < 1.29 is 23.9 Å². The minimum Gasteiger partial charge on any atom is -0.465 e. The average molecular weight is 471 g/mol. The summed E-state index contributed by atoms with van der Waals surface area (Å²) in [5.74, 6) is -1.64. The van der Waals surface area contributed by atoms with Gasteiger partial charge in [-0.3, -0.25) is 14.4 Å². The zero-order valence-corrected chi connectivity index (χ0v) is 19.9. The van der Waals surface area contributed by atoms with E-state index in [1.807, 2.05) is 26.8 Å². The molecule has 1 aliphatic rings. The molecule has 0 spiro atoms. The average Bonchev–Trinajstić information content (AvgIpc) is 3.05. The van der Waals surface area contributed by atoms with Crippen LogP contribution in [0.3, 0.4) is 0 Å². The molecule has 1 saturated heterocycles. The van der Waals surface area contributed by atoms with Gasteiger partial charge in [-0.25, -0.2) is 9.69 Å². The van der Waals surface area contributed by atoms with Crippen molar-refractivity contribution in [2.45, 2.75) is 46.2 Å². The number of hydrogen-bond acceptors (Lipinski definition) is 5. The predicted molar refractivity (Wildman–Crippen MR) is 125 cm³/mol. The first-order valence-corrected chi connectivity index (χ1v) is 11.0. The van der Waals surface area contributed by atoms with Crippen molar-refractivity contribution in [3.8, 4) is 0 Å². The summed E-state index contributed by atoms with van der Waals surface area (Å²) in [6.45, 7) is 5.94. The van der Waals surface area contributed by atoms with Gasteiger partial charge in [-0.15, -0.1) is 0 Å². The molecule has 0 saturated carbocycles. The summed E-state index contributed by atoms with van der Waals surface area (Å²) in [5, 5.41) is 0.484. The lowest BCUT2D eigenvalue weighted by atomic mass is 9.91. The lowest BCUT2D eigenvalue weighted by Gasteiger charge is -2.30. The fraction of sp³-hybridized carbons (Fsp3) is 0.360. The maximum absolute atomic E-state index is 13.4. The van der Waals surface area contributed by atoms with Gasteiger partial charge in [0.05, 0.1) is 24.8 Å². The van der Waals surface area contributed by atoms with Crippen molar-refractivity contribution in [3.05, 3.63) is 64.7 Å². The summed E-state index contributed by atoms with van der Waals surface area (Å²) in [6.07, 6.45) is 0.0845. The molecule has 2 aromatic carbocycles. The maximum Gasteiger partial charge on any atom is 0.337 e. The molecule has 1 fully saturated rings. The van der Waals surface area contributed by atoms with Crippen LogP contribution in [0.2, 0.25) is 5.02 Å². The fourth-order valence-corrected chi connectivity index (χ4v) is 3.93.